The third kappa shape index (κ3) is 4.14. The van der Waals surface area contributed by atoms with Gasteiger partial charge in [0.2, 0.25) is 0 Å². The van der Waals surface area contributed by atoms with Crippen molar-refractivity contribution in [3.63, 3.8) is 0 Å². The SMILES string of the molecule is CC(C)=C(C)C(O)C#CSc1ccccc1. The number of hydrogen-bond acceptors (Lipinski definition) is 2. The second-order valence-electron chi connectivity index (χ2n) is 3.75. The van der Waals surface area contributed by atoms with Crippen molar-refractivity contribution in [2.24, 2.45) is 0 Å². The summed E-state index contributed by atoms with van der Waals surface area (Å²) in [4.78, 5) is 1.09. The Morgan fingerprint density at radius 1 is 1.19 bits per heavy atom. The molecule has 84 valence electrons. The van der Waals surface area contributed by atoms with Gasteiger partial charge in [0.25, 0.3) is 0 Å². The Morgan fingerprint density at radius 3 is 2.38 bits per heavy atom. The van der Waals surface area contributed by atoms with Gasteiger partial charge in [0.05, 0.1) is 0 Å². The van der Waals surface area contributed by atoms with Crippen LogP contribution in [0, 0.1) is 11.2 Å². The third-order valence-corrected chi connectivity index (χ3v) is 3.03. The summed E-state index contributed by atoms with van der Waals surface area (Å²) in [6.45, 7) is 5.86. The lowest BCUT2D eigenvalue weighted by Crippen LogP contribution is -2.05. The molecule has 0 amide bonds. The molecule has 1 rings (SSSR count). The first-order valence-electron chi connectivity index (χ1n) is 5.15. The highest BCUT2D eigenvalue weighted by molar-refractivity contribution is 8.03. The Balaban J connectivity index is 2.60. The molecule has 1 aromatic carbocycles. The molecular weight excluding hydrogens is 216 g/mol. The molecule has 0 bridgehead atoms. The molecule has 1 nitrogen and oxygen atoms in total. The molecule has 0 radical (unpaired) electrons. The van der Waals surface area contributed by atoms with Gasteiger partial charge in [-0.15, -0.1) is 0 Å². The molecule has 0 spiro atoms. The molecule has 0 saturated heterocycles. The third-order valence-electron chi connectivity index (χ3n) is 2.31. The Kier molecular flexibility index (Phi) is 5.18. The van der Waals surface area contributed by atoms with Crippen LogP contribution in [0.15, 0.2) is 46.4 Å². The van der Waals surface area contributed by atoms with Gasteiger partial charge >= 0.3 is 0 Å². The van der Waals surface area contributed by atoms with Crippen molar-refractivity contribution in [2.45, 2.75) is 31.8 Å². The monoisotopic (exact) mass is 232 g/mol. The lowest BCUT2D eigenvalue weighted by atomic mass is 10.1. The van der Waals surface area contributed by atoms with Crippen molar-refractivity contribution < 1.29 is 5.11 Å². The zero-order chi connectivity index (χ0) is 12.0. The van der Waals surface area contributed by atoms with Gasteiger partial charge in [-0.3, -0.25) is 0 Å². The molecule has 0 saturated carbocycles. The molecule has 0 aliphatic heterocycles. The first kappa shape index (κ1) is 12.9. The highest BCUT2D eigenvalue weighted by atomic mass is 32.2. The zero-order valence-corrected chi connectivity index (χ0v) is 10.6. The van der Waals surface area contributed by atoms with Crippen LogP contribution in [-0.2, 0) is 0 Å². The smallest absolute Gasteiger partial charge is 0.137 e. The van der Waals surface area contributed by atoms with Gasteiger partial charge in [0.15, 0.2) is 0 Å². The predicted molar refractivity (Wildman–Crippen MR) is 70.1 cm³/mol. The van der Waals surface area contributed by atoms with E-state index < -0.39 is 6.10 Å². The number of aliphatic hydroxyl groups excluding tert-OH is 1. The van der Waals surface area contributed by atoms with Crippen LogP contribution in [0.5, 0.6) is 0 Å². The zero-order valence-electron chi connectivity index (χ0n) is 9.82. The van der Waals surface area contributed by atoms with Gasteiger partial charge < -0.3 is 5.11 Å². The first-order chi connectivity index (χ1) is 7.61. The lowest BCUT2D eigenvalue weighted by molar-refractivity contribution is 0.267. The van der Waals surface area contributed by atoms with E-state index in [9.17, 15) is 5.11 Å². The first-order valence-corrected chi connectivity index (χ1v) is 5.97. The largest absolute Gasteiger partial charge is 0.376 e. The normalized spacial score (nSPS) is 11.2. The van der Waals surface area contributed by atoms with Crippen LogP contribution in [0.25, 0.3) is 0 Å². The highest BCUT2D eigenvalue weighted by Crippen LogP contribution is 2.15. The summed E-state index contributed by atoms with van der Waals surface area (Å²) in [6, 6.07) is 9.92. The van der Waals surface area contributed by atoms with Gasteiger partial charge in [-0.05, 0) is 55.5 Å². The van der Waals surface area contributed by atoms with E-state index in [1.165, 1.54) is 11.8 Å². The summed E-state index contributed by atoms with van der Waals surface area (Å²) in [7, 11) is 0. The topological polar surface area (TPSA) is 20.2 Å². The number of rotatable bonds is 2. The molecule has 0 aromatic heterocycles. The average molecular weight is 232 g/mol. The number of allylic oxidation sites excluding steroid dienone is 1. The molecule has 0 aliphatic rings. The van der Waals surface area contributed by atoms with Gasteiger partial charge in [-0.25, -0.2) is 0 Å². The number of aliphatic hydroxyl groups is 1. The fourth-order valence-electron chi connectivity index (χ4n) is 1.01. The van der Waals surface area contributed by atoms with Crippen LogP contribution < -0.4 is 0 Å². The van der Waals surface area contributed by atoms with E-state index in [1.807, 2.05) is 51.1 Å². The summed E-state index contributed by atoms with van der Waals surface area (Å²) in [5.74, 6) is 2.82. The summed E-state index contributed by atoms with van der Waals surface area (Å²) in [5, 5.41) is 12.6. The minimum absolute atomic E-state index is 0.652. The number of hydrogen-bond donors (Lipinski definition) is 1. The summed E-state index contributed by atoms with van der Waals surface area (Å²) in [6.07, 6.45) is -0.652. The lowest BCUT2D eigenvalue weighted by Gasteiger charge is -2.05. The minimum Gasteiger partial charge on any atom is -0.376 e. The van der Waals surface area contributed by atoms with Crippen LogP contribution in [0.2, 0.25) is 0 Å². The maximum atomic E-state index is 9.72. The van der Waals surface area contributed by atoms with Crippen molar-refractivity contribution in [1.82, 2.24) is 0 Å². The molecule has 16 heavy (non-hydrogen) atoms. The molecular formula is C14H16OS. The molecule has 0 fully saturated rings. The molecule has 1 N–H and O–H groups in total. The Labute approximate surface area is 102 Å². The van der Waals surface area contributed by atoms with Gasteiger partial charge in [-0.2, -0.15) is 0 Å². The molecule has 2 heteroatoms. The molecule has 0 heterocycles. The quantitative estimate of drug-likeness (QED) is 0.479. The van der Waals surface area contributed by atoms with Crippen LogP contribution >= 0.6 is 11.8 Å². The van der Waals surface area contributed by atoms with Crippen LogP contribution in [0.4, 0.5) is 0 Å². The van der Waals surface area contributed by atoms with Crippen molar-refractivity contribution in [3.8, 4) is 11.2 Å². The average Bonchev–Trinajstić information content (AvgIpc) is 2.29. The predicted octanol–water partition coefficient (Wildman–Crippen LogP) is 3.46. The molecule has 1 unspecified atom stereocenters. The van der Waals surface area contributed by atoms with Gasteiger partial charge in [-0.1, -0.05) is 29.7 Å². The van der Waals surface area contributed by atoms with Crippen molar-refractivity contribution in [3.05, 3.63) is 41.5 Å². The Morgan fingerprint density at radius 2 is 1.81 bits per heavy atom. The van der Waals surface area contributed by atoms with Gasteiger partial charge in [0.1, 0.15) is 6.10 Å². The molecule has 1 atom stereocenters. The summed E-state index contributed by atoms with van der Waals surface area (Å²) >= 11 is 1.43. The summed E-state index contributed by atoms with van der Waals surface area (Å²) < 4.78 is 0. The van der Waals surface area contributed by atoms with E-state index in [1.54, 1.807) is 0 Å². The number of benzene rings is 1. The van der Waals surface area contributed by atoms with Crippen LogP contribution in [0.1, 0.15) is 20.8 Å². The fraction of sp³-hybridized carbons (Fsp3) is 0.286. The second kappa shape index (κ2) is 6.42. The van der Waals surface area contributed by atoms with E-state index in [-0.39, 0.29) is 0 Å². The van der Waals surface area contributed by atoms with Crippen molar-refractivity contribution in [1.29, 1.82) is 0 Å². The Bertz CT molecular complexity index is 419. The van der Waals surface area contributed by atoms with E-state index in [4.69, 9.17) is 0 Å². The second-order valence-corrected chi connectivity index (χ2v) is 4.63. The summed E-state index contributed by atoms with van der Waals surface area (Å²) in [5.41, 5.74) is 2.05. The maximum Gasteiger partial charge on any atom is 0.137 e. The van der Waals surface area contributed by atoms with Crippen molar-refractivity contribution in [2.75, 3.05) is 0 Å². The molecule has 0 aliphatic carbocycles. The van der Waals surface area contributed by atoms with E-state index in [0.29, 0.717) is 0 Å². The molecule has 1 aromatic rings. The fourth-order valence-corrected chi connectivity index (χ4v) is 1.60. The van der Waals surface area contributed by atoms with Crippen LogP contribution in [0.3, 0.4) is 0 Å². The number of thioether (sulfide) groups is 1. The van der Waals surface area contributed by atoms with Crippen LogP contribution in [-0.4, -0.2) is 11.2 Å². The van der Waals surface area contributed by atoms with E-state index in [2.05, 4.69) is 11.2 Å². The standard InChI is InChI=1S/C14H16OS/c1-11(2)12(3)14(15)9-10-16-13-7-5-4-6-8-13/h4-8,14-15H,1-3H3. The van der Waals surface area contributed by atoms with E-state index in [0.717, 1.165) is 16.0 Å². The maximum absolute atomic E-state index is 9.72. The van der Waals surface area contributed by atoms with E-state index >= 15 is 0 Å². The minimum atomic E-state index is -0.652. The van der Waals surface area contributed by atoms with Gasteiger partial charge in [0, 0.05) is 4.90 Å². The van der Waals surface area contributed by atoms with Crippen molar-refractivity contribution >= 4 is 11.8 Å². The highest BCUT2D eigenvalue weighted by Gasteiger charge is 2.02. The Hall–Kier alpha value is -1.17.